The SMILES string of the molecule is O=BOB([O-])OB=O.[Li+]. The summed E-state index contributed by atoms with van der Waals surface area (Å²) in [6, 6.07) is 0. The molecule has 9 heavy (non-hydrogen) atoms. The molecule has 0 saturated carbocycles. The maximum absolute atomic E-state index is 9.82. The van der Waals surface area contributed by atoms with E-state index in [1.165, 1.54) is 0 Å². The fourth-order valence-electron chi connectivity index (χ4n) is 0.123. The average molecular weight is 119 g/mol. The van der Waals surface area contributed by atoms with E-state index in [1.54, 1.807) is 0 Å². The first-order valence-electron chi connectivity index (χ1n) is 1.65. The van der Waals surface area contributed by atoms with Crippen LogP contribution in [0.4, 0.5) is 0 Å². The zero-order valence-corrected chi connectivity index (χ0v) is 4.77. The van der Waals surface area contributed by atoms with E-state index >= 15 is 0 Å². The van der Waals surface area contributed by atoms with Crippen molar-refractivity contribution < 1.29 is 42.4 Å². The molecule has 0 aliphatic heterocycles. The third-order valence-electron chi connectivity index (χ3n) is 0.333. The molecule has 9 heteroatoms. The van der Waals surface area contributed by atoms with Gasteiger partial charge in [-0.15, -0.1) is 0 Å². The molecule has 0 aliphatic carbocycles. The van der Waals surface area contributed by atoms with E-state index in [9.17, 15) is 14.4 Å². The van der Waals surface area contributed by atoms with E-state index in [0.29, 0.717) is 0 Å². The van der Waals surface area contributed by atoms with Crippen molar-refractivity contribution in [2.75, 3.05) is 0 Å². The summed E-state index contributed by atoms with van der Waals surface area (Å²) < 4.78 is 25.7. The van der Waals surface area contributed by atoms with Crippen LogP contribution in [0.25, 0.3) is 0 Å². The zero-order chi connectivity index (χ0) is 6.41. The fraction of sp³-hybridized carbons (Fsp3) is 0. The molecule has 0 unspecified atom stereocenters. The van der Waals surface area contributed by atoms with Gasteiger partial charge in [-0.1, -0.05) is 0 Å². The molecule has 5 nitrogen and oxygen atoms in total. The Kier molecular flexibility index (Phi) is 10.3. The second-order valence-corrected chi connectivity index (χ2v) is 0.753. The molecule has 0 fully saturated rings. The van der Waals surface area contributed by atoms with Crippen LogP contribution >= 0.6 is 0 Å². The van der Waals surface area contributed by atoms with Crippen LogP contribution in [0.15, 0.2) is 0 Å². The molecule has 0 aromatic carbocycles. The van der Waals surface area contributed by atoms with Crippen LogP contribution in [-0.2, 0) is 18.6 Å². The van der Waals surface area contributed by atoms with Crippen molar-refractivity contribution in [3.8, 4) is 0 Å². The summed E-state index contributed by atoms with van der Waals surface area (Å²) in [4.78, 5) is 0. The van der Waals surface area contributed by atoms with Gasteiger partial charge >= 0.3 is 64.5 Å². The molecule has 0 rings (SSSR count). The summed E-state index contributed by atoms with van der Waals surface area (Å²) in [7, 11) is -2.22. The van der Waals surface area contributed by atoms with E-state index in [1.807, 2.05) is 0 Å². The van der Waals surface area contributed by atoms with Gasteiger partial charge in [-0.3, -0.25) is 0 Å². The maximum atomic E-state index is 9.82. The molecular formula is B3LiO5. The molecule has 0 aromatic rings. The largest absolute Gasteiger partial charge is 1.00 e. The van der Waals surface area contributed by atoms with Crippen LogP contribution in [0.5, 0.6) is 0 Å². The number of rotatable bonds is 4. The molecular weight excluding hydrogens is 119 g/mol. The second kappa shape index (κ2) is 7.95. The van der Waals surface area contributed by atoms with Gasteiger partial charge in [0.25, 0.3) is 0 Å². The van der Waals surface area contributed by atoms with Gasteiger partial charge in [-0.2, -0.15) is 0 Å². The molecule has 0 radical (unpaired) electrons. The van der Waals surface area contributed by atoms with E-state index in [-0.39, 0.29) is 33.6 Å². The van der Waals surface area contributed by atoms with Crippen LogP contribution in [0.1, 0.15) is 0 Å². The quantitative estimate of drug-likeness (QED) is 0.345. The van der Waals surface area contributed by atoms with E-state index in [2.05, 4.69) is 9.14 Å². The third kappa shape index (κ3) is 7.95. The number of hydrogen-bond donors (Lipinski definition) is 0. The van der Waals surface area contributed by atoms with Gasteiger partial charge in [0.05, 0.1) is 0 Å². The van der Waals surface area contributed by atoms with E-state index < -0.39 is 7.32 Å². The Balaban J connectivity index is 0. The maximum Gasteiger partial charge on any atom is 1.00 e. The van der Waals surface area contributed by atoms with Crippen LogP contribution in [0.2, 0.25) is 0 Å². The smallest absolute Gasteiger partial charge is 1.00 e. The van der Waals surface area contributed by atoms with E-state index in [0.717, 1.165) is 0 Å². The Morgan fingerprint density at radius 3 is 1.78 bits per heavy atom. The second-order valence-electron chi connectivity index (χ2n) is 0.753. The monoisotopic (exact) mass is 120 g/mol. The Labute approximate surface area is 65.0 Å². The van der Waals surface area contributed by atoms with Crippen LogP contribution in [0, 0.1) is 0 Å². The molecule has 0 aromatic heterocycles. The third-order valence-corrected chi connectivity index (χ3v) is 0.333. The van der Waals surface area contributed by atoms with E-state index in [4.69, 9.17) is 0 Å². The molecule has 0 N–H and O–H groups in total. The average Bonchev–Trinajstić information content (AvgIpc) is 1.68. The zero-order valence-electron chi connectivity index (χ0n) is 4.77. The first kappa shape index (κ1) is 11.7. The molecule has 0 saturated heterocycles. The molecule has 0 bridgehead atoms. The van der Waals surface area contributed by atoms with Gasteiger partial charge in [0.2, 0.25) is 0 Å². The van der Waals surface area contributed by atoms with Crippen LogP contribution in [0.3, 0.4) is 0 Å². The summed E-state index contributed by atoms with van der Waals surface area (Å²) in [6.45, 7) is 0. The number of hydrogen-bond acceptors (Lipinski definition) is 5. The van der Waals surface area contributed by atoms with Gasteiger partial charge in [0.1, 0.15) is 0 Å². The predicted molar refractivity (Wildman–Crippen MR) is 20.8 cm³/mol. The van der Waals surface area contributed by atoms with Crippen molar-refractivity contribution in [2.24, 2.45) is 0 Å². The summed E-state index contributed by atoms with van der Waals surface area (Å²) in [6.07, 6.45) is 0. The van der Waals surface area contributed by atoms with Crippen molar-refractivity contribution in [1.29, 1.82) is 0 Å². The van der Waals surface area contributed by atoms with Crippen molar-refractivity contribution in [2.45, 2.75) is 0 Å². The Morgan fingerprint density at radius 2 is 1.56 bits per heavy atom. The predicted octanol–water partition coefficient (Wildman–Crippen LogP) is -5.70. The molecule has 0 atom stereocenters. The fourth-order valence-corrected chi connectivity index (χ4v) is 0.123. The van der Waals surface area contributed by atoms with Gasteiger partial charge < -0.3 is 0 Å². The van der Waals surface area contributed by atoms with Crippen molar-refractivity contribution >= 4 is 22.0 Å². The molecule has 0 aliphatic rings. The topological polar surface area (TPSA) is 75.7 Å². The minimum absolute atomic E-state index is 0. The van der Waals surface area contributed by atoms with Crippen molar-refractivity contribution in [3.05, 3.63) is 0 Å². The van der Waals surface area contributed by atoms with Crippen LogP contribution < -0.4 is 23.9 Å². The summed E-state index contributed by atoms with van der Waals surface area (Å²) in [5.41, 5.74) is 0. The first-order valence-corrected chi connectivity index (χ1v) is 1.65. The standard InChI is InChI=1S/B3O5.Li/c4-1-7-3(6)8-2-5;/q-1;+1. The Bertz CT molecular complexity index is 74.3. The van der Waals surface area contributed by atoms with Crippen molar-refractivity contribution in [1.82, 2.24) is 0 Å². The van der Waals surface area contributed by atoms with Gasteiger partial charge in [0.15, 0.2) is 0 Å². The Hall–Kier alpha value is -0.0478. The normalized spacial score (nSPS) is 5.44. The minimum Gasteiger partial charge on any atom is 1.00 e. The van der Waals surface area contributed by atoms with Gasteiger partial charge in [-0.05, 0) is 0 Å². The first-order chi connectivity index (χ1) is 3.81. The Morgan fingerprint density at radius 1 is 1.22 bits per heavy atom. The molecule has 40 valence electrons. The van der Waals surface area contributed by atoms with Crippen LogP contribution in [-0.4, -0.2) is 22.0 Å². The molecule has 0 amide bonds. The molecule has 0 spiro atoms. The summed E-state index contributed by atoms with van der Waals surface area (Å²) in [5, 5.41) is 9.82. The van der Waals surface area contributed by atoms with Gasteiger partial charge in [0, 0.05) is 0 Å². The minimum atomic E-state index is -2.02. The molecule has 0 heterocycles. The van der Waals surface area contributed by atoms with Crippen molar-refractivity contribution in [3.63, 3.8) is 0 Å². The van der Waals surface area contributed by atoms with Gasteiger partial charge in [-0.25, -0.2) is 0 Å². The summed E-state index contributed by atoms with van der Waals surface area (Å²) in [5.74, 6) is 0. The summed E-state index contributed by atoms with van der Waals surface area (Å²) >= 11 is 0.